The van der Waals surface area contributed by atoms with Crippen LogP contribution in [0.4, 0.5) is 0 Å². The number of carbonyl (C=O) groups excluding carboxylic acids is 5. The molecule has 9 aromatic rings. The number of carboxylic acids is 1. The van der Waals surface area contributed by atoms with Crippen molar-refractivity contribution < 1.29 is 69.7 Å². The van der Waals surface area contributed by atoms with Gasteiger partial charge in [0.15, 0.2) is 0 Å². The normalized spacial score (nSPS) is 23.2. The molecule has 691 valence electrons. The van der Waals surface area contributed by atoms with Gasteiger partial charge < -0.3 is 52.5 Å². The lowest BCUT2D eigenvalue weighted by Crippen LogP contribution is -2.55. The number of amides is 4. The highest BCUT2D eigenvalue weighted by molar-refractivity contribution is 7.94. The maximum Gasteiger partial charge on any atom is 0.337 e. The van der Waals surface area contributed by atoms with E-state index in [2.05, 4.69) is 97.3 Å². The number of primary sulfonamides is 1. The number of rotatable bonds is 15. The molecule has 8 fully saturated rings. The highest BCUT2D eigenvalue weighted by Gasteiger charge is 2.44. The maximum atomic E-state index is 14.2. The second kappa shape index (κ2) is 42.2. The van der Waals surface area contributed by atoms with Gasteiger partial charge in [-0.15, -0.1) is 0 Å². The van der Waals surface area contributed by atoms with Gasteiger partial charge in [-0.1, -0.05) is 149 Å². The number of nitrogens with one attached hydrogen (secondary N) is 1. The Balaban J connectivity index is 0.000000135. The van der Waals surface area contributed by atoms with E-state index in [9.17, 15) is 50.7 Å². The number of morpholine rings is 3. The number of hydrogen-bond acceptors (Lipinski definition) is 14. The van der Waals surface area contributed by atoms with E-state index in [1.807, 2.05) is 92.6 Å². The lowest BCUT2D eigenvalue weighted by Gasteiger charge is -2.37. The van der Waals surface area contributed by atoms with Crippen LogP contribution in [-0.2, 0) is 92.3 Å². The van der Waals surface area contributed by atoms with Crippen LogP contribution < -0.4 is 9.86 Å². The van der Waals surface area contributed by atoms with Gasteiger partial charge in [0.25, 0.3) is 5.91 Å². The molecule has 4 amide bonds. The summed E-state index contributed by atoms with van der Waals surface area (Å²) >= 11 is 0. The Bertz CT molecular complexity index is 6050. The zero-order valence-corrected chi connectivity index (χ0v) is 80.2. The third kappa shape index (κ3) is 21.8. The van der Waals surface area contributed by atoms with Crippen LogP contribution in [0, 0.1) is 17.8 Å². The number of methoxy groups -OCH3 is 1. The molecule has 5 aliphatic carbocycles. The van der Waals surface area contributed by atoms with Crippen LogP contribution in [0.2, 0.25) is 0 Å². The molecule has 0 spiro atoms. The second-order valence-electron chi connectivity index (χ2n) is 39.7. The van der Waals surface area contributed by atoms with Gasteiger partial charge in [0, 0.05) is 179 Å². The van der Waals surface area contributed by atoms with Gasteiger partial charge >= 0.3 is 11.9 Å². The highest BCUT2D eigenvalue weighted by Crippen LogP contribution is 2.52. The summed E-state index contributed by atoms with van der Waals surface area (Å²) in [4.78, 5) is 85.9. The first kappa shape index (κ1) is 98.1. The summed E-state index contributed by atoms with van der Waals surface area (Å²) in [6, 6.07) is 42.7. The van der Waals surface area contributed by atoms with E-state index in [1.165, 1.54) is 146 Å². The van der Waals surface area contributed by atoms with Gasteiger partial charge in [0.05, 0.1) is 100 Å². The number of benzene rings is 6. The Morgan fingerprint density at radius 1 is 0.425 bits per heavy atom. The number of sulfonamides is 2. The molecule has 9 atom stereocenters. The van der Waals surface area contributed by atoms with E-state index in [0.29, 0.717) is 125 Å². The van der Waals surface area contributed by atoms with Gasteiger partial charge in [-0.05, 0) is 213 Å². The number of nitrogens with zero attached hydrogens (tertiary/aromatic N) is 6. The molecule has 11 aliphatic rings. The predicted octanol–water partition coefficient (Wildman–Crippen LogP) is 13.2. The molecule has 9 heterocycles. The molecule has 6 aromatic carbocycles. The first-order valence-corrected chi connectivity index (χ1v) is 51.9. The number of carboxylic acid groups (broad SMARTS) is 1. The van der Waals surface area contributed by atoms with E-state index in [1.54, 1.807) is 12.1 Å². The summed E-state index contributed by atoms with van der Waals surface area (Å²) < 4.78 is 77.6. The fraction of sp³-hybridized carbons (Fsp3) is 0.520. The lowest BCUT2D eigenvalue weighted by atomic mass is 8.64. The monoisotopic (exact) mass is 1840 g/mol. The van der Waals surface area contributed by atoms with Gasteiger partial charge in [-0.25, -0.2) is 36.3 Å². The summed E-state index contributed by atoms with van der Waals surface area (Å²) in [5.74, 6) is -0.719. The second-order valence-corrected chi connectivity index (χ2v) is 43.5. The van der Waals surface area contributed by atoms with E-state index >= 15 is 0 Å². The molecule has 6 aliphatic heterocycles. The smallest absolute Gasteiger partial charge is 0.337 e. The third-order valence-corrected chi connectivity index (χ3v) is 32.5. The minimum absolute atomic E-state index is 0.0142. The molecular weight excluding hydrogens is 1710 g/mol. The molecule has 134 heavy (non-hydrogen) atoms. The number of aromatic carboxylic acids is 1. The number of aromatic nitrogens is 3. The Morgan fingerprint density at radius 3 is 1.01 bits per heavy atom. The van der Waals surface area contributed by atoms with Crippen LogP contribution in [0.5, 0.6) is 0 Å². The topological polar surface area (TPSA) is 290 Å². The minimum atomic E-state index is -3.67. The molecule has 23 nitrogen and oxygen atoms in total. The van der Waals surface area contributed by atoms with Gasteiger partial charge in [-0.2, -0.15) is 0 Å². The van der Waals surface area contributed by atoms with E-state index in [0.717, 1.165) is 77.1 Å². The zero-order valence-electron chi connectivity index (χ0n) is 78.6. The summed E-state index contributed by atoms with van der Waals surface area (Å²) in [6.45, 7) is 17.4. The quantitative estimate of drug-likeness (QED) is 0.0635. The number of ether oxygens (including phenoxy) is 4. The molecule has 5 saturated carbocycles. The first-order chi connectivity index (χ1) is 64.2. The van der Waals surface area contributed by atoms with E-state index in [4.69, 9.17) is 62.8 Å². The Morgan fingerprint density at radius 2 is 0.731 bits per heavy atom. The summed E-state index contributed by atoms with van der Waals surface area (Å²) in [6.07, 6.45) is 21.4. The Hall–Kier alpha value is -8.92. The van der Waals surface area contributed by atoms with Crippen molar-refractivity contribution in [2.75, 3.05) is 46.4 Å². The molecule has 3 unspecified atom stereocenters. The van der Waals surface area contributed by atoms with Crippen LogP contribution in [0.3, 0.4) is 0 Å². The van der Waals surface area contributed by atoms with Crippen molar-refractivity contribution in [3.05, 3.63) is 177 Å². The van der Waals surface area contributed by atoms with Gasteiger partial charge in [-0.3, -0.25) is 19.2 Å². The number of nitrogens with two attached hydrogens (primary N) is 1. The summed E-state index contributed by atoms with van der Waals surface area (Å²) in [7, 11) is 22.1. The van der Waals surface area contributed by atoms with E-state index in [-0.39, 0.29) is 89.7 Å². The Labute approximate surface area is 798 Å². The van der Waals surface area contributed by atoms with Crippen molar-refractivity contribution >= 4 is 153 Å². The number of hydrogen-bond donors (Lipinski definition) is 3. The van der Waals surface area contributed by atoms with Gasteiger partial charge in [0.2, 0.25) is 37.8 Å². The largest absolute Gasteiger partial charge is 0.478 e. The highest BCUT2D eigenvalue weighted by atomic mass is 32.2. The van der Waals surface area contributed by atoms with Crippen molar-refractivity contribution in [2.45, 2.75) is 267 Å². The average Bonchev–Trinajstić information content (AvgIpc) is 1.58. The molecular formula is C100H122B9N8O15S2. The molecule has 0 bridgehead atoms. The fourth-order valence-electron chi connectivity index (χ4n) is 22.8. The first-order valence-electron chi connectivity index (χ1n) is 48.8. The Kier molecular flexibility index (Phi) is 30.9. The molecule has 3 saturated heterocycles. The van der Waals surface area contributed by atoms with Crippen molar-refractivity contribution in [3.63, 3.8) is 0 Å². The van der Waals surface area contributed by atoms with Crippen LogP contribution in [0.25, 0.3) is 66.5 Å². The van der Waals surface area contributed by atoms with E-state index < -0.39 is 49.9 Å². The summed E-state index contributed by atoms with van der Waals surface area (Å²) in [5, 5.41) is 17.3. The third-order valence-electron chi connectivity index (χ3n) is 29.2. The number of carbonyl (C=O) groups is 6. The minimum Gasteiger partial charge on any atom is -0.478 e. The van der Waals surface area contributed by atoms with Gasteiger partial charge in [0.1, 0.15) is 0 Å². The molecule has 4 N–H and O–H groups in total. The summed E-state index contributed by atoms with van der Waals surface area (Å²) in [5.41, 5.74) is 18.8. The van der Waals surface area contributed by atoms with Crippen LogP contribution in [0.1, 0.15) is 246 Å². The molecule has 20 rings (SSSR count). The molecule has 11 radical (unpaired) electrons. The van der Waals surface area contributed by atoms with Crippen molar-refractivity contribution in [1.29, 1.82) is 0 Å². The standard InChI is InChI=1S/C34H41N3O5S.C32H38N2O4.C31H36N2O4.C3H7NO2S.B9/c1-21-18-36(19-22(2)42-21)34(39)26-16-24-10-6-7-11-28(24)32-31(23-8-4-3-5-9-23)29-15-12-25(17-30(29)37(32)20-26)33(38)35-43(40,41)27-13-14-27;1-20-17-33(18-21(2)38-20)31(35)25-15-23-11-7-8-12-26(23)30-29(22-9-5-4-6-10-22)27-14-13-24(32(36)37-3)16-28(27)34(30)19-25;1-19-16-32(17-20(2)37-19)30(34)24-14-22-10-6-7-11-25(22)29-28(21-8-4-3-5-9-21)26-13-12-23(31(35)36)15-27(26)33(29)18-24;4-7(5,6)3-1-2-3;1-6-9(7(2)3)8(4)5/h6-7,10-12,15,17,21-23,26-27H,3-5,8-9,13-14,16,18-20H2,1-2H3,(H,35,38);7-8,11-14,16,20-22,25H,4-6,9-10,15,17-19H2,1-3H3;6-7,10-13,15,19-21,24H,3-5,8-9,14,16-18H2,1-2H3,(H,35,36);3H,1-2H2,(H2,4,5,6);/t21-,22+,26?;20-,21+,25?;19-,20+,24?;;. The predicted molar refractivity (Wildman–Crippen MR) is 537 cm³/mol. The molecule has 3 aromatic heterocycles. The van der Waals surface area contributed by atoms with Crippen LogP contribution in [-0.4, -0.2) is 244 Å². The van der Waals surface area contributed by atoms with Crippen molar-refractivity contribution in [3.8, 4) is 33.8 Å². The average molecular weight is 1840 g/mol. The van der Waals surface area contributed by atoms with Crippen LogP contribution >= 0.6 is 0 Å². The van der Waals surface area contributed by atoms with Crippen molar-refractivity contribution in [1.82, 2.24) is 33.1 Å². The lowest BCUT2D eigenvalue weighted by molar-refractivity contribution is -0.148. The molecule has 34 heteroatoms. The SMILES string of the molecule is COC(=O)c1ccc2c(C3CCCCC3)c3n(c2c1)CC(C(=O)N1C[C@@H](C)O[C@@H](C)C1)Cc1ccccc1-3.C[C@@H]1CN(C(=O)C2Cc3ccccc3-c3c(C4CCCCC4)c4ccc(C(=O)NS(=O)(=O)C5CC5)cc4n3C2)C[C@H](C)O1.C[C@@H]1CN(C(=O)C2Cc3ccccc3-c3c(C4CCCCC4)c4ccc(C(=O)O)cc4n3C2)C[C@H](C)O1.NS(=O)(=O)C1CC1.[B][B]B(B([B])[B])B([B])[B]. The van der Waals surface area contributed by atoms with Crippen molar-refractivity contribution in [2.24, 2.45) is 22.9 Å². The maximum absolute atomic E-state index is 14.2. The fourth-order valence-corrected chi connectivity index (χ4v) is 24.9. The number of esters is 1. The zero-order chi connectivity index (χ0) is 94.9. The van der Waals surface area contributed by atoms with Crippen LogP contribution in [0.15, 0.2) is 127 Å². The number of fused-ring (bicyclic) bond motifs is 15.